The first-order chi connectivity index (χ1) is 4.31. The first kappa shape index (κ1) is 8.88. The van der Waals surface area contributed by atoms with E-state index in [1.54, 1.807) is 14.2 Å². The molecule has 0 aromatic rings. The molecule has 56 valence electrons. The van der Waals surface area contributed by atoms with E-state index in [1.165, 1.54) is 0 Å². The van der Waals surface area contributed by atoms with Gasteiger partial charge in [-0.3, -0.25) is 5.32 Å². The summed E-state index contributed by atoms with van der Waals surface area (Å²) in [4.78, 5) is 0. The molecule has 0 saturated carbocycles. The first-order valence-corrected chi connectivity index (χ1v) is 3.02. The van der Waals surface area contributed by atoms with Gasteiger partial charge in [0.1, 0.15) is 0 Å². The van der Waals surface area contributed by atoms with Gasteiger partial charge >= 0.3 is 0 Å². The number of methoxy groups -OCH3 is 2. The Morgan fingerprint density at radius 2 is 2.00 bits per heavy atom. The second-order valence-electron chi connectivity index (χ2n) is 1.99. The lowest BCUT2D eigenvalue weighted by molar-refractivity contribution is 0.127. The Morgan fingerprint density at radius 3 is 2.44 bits per heavy atom. The van der Waals surface area contributed by atoms with Crippen molar-refractivity contribution in [2.45, 2.75) is 13.0 Å². The first-order valence-electron chi connectivity index (χ1n) is 3.02. The molecule has 3 nitrogen and oxygen atoms in total. The minimum Gasteiger partial charge on any atom is -0.383 e. The molecule has 9 heavy (non-hydrogen) atoms. The zero-order chi connectivity index (χ0) is 7.11. The van der Waals surface area contributed by atoms with Gasteiger partial charge in [-0.15, -0.1) is 0 Å². The fourth-order valence-corrected chi connectivity index (χ4v) is 0.535. The largest absolute Gasteiger partial charge is 0.383 e. The van der Waals surface area contributed by atoms with E-state index in [-0.39, 0.29) is 0 Å². The maximum Gasteiger partial charge on any atom is 0.0964 e. The predicted molar refractivity (Wildman–Crippen MR) is 36.3 cm³/mol. The number of nitrogens with one attached hydrogen (secondary N) is 1. The van der Waals surface area contributed by atoms with Crippen LogP contribution < -0.4 is 5.32 Å². The second kappa shape index (κ2) is 6.01. The van der Waals surface area contributed by atoms with Crippen LogP contribution in [-0.2, 0) is 9.47 Å². The minimum atomic E-state index is 0.370. The SMILES string of the molecule is COCNC(C)COC. The molecule has 0 fully saturated rings. The highest BCUT2D eigenvalue weighted by Crippen LogP contribution is 1.79. The Kier molecular flexibility index (Phi) is 5.93. The van der Waals surface area contributed by atoms with Crippen molar-refractivity contribution >= 4 is 0 Å². The zero-order valence-electron chi connectivity index (χ0n) is 6.31. The van der Waals surface area contributed by atoms with Crippen LogP contribution >= 0.6 is 0 Å². The molecule has 0 heterocycles. The van der Waals surface area contributed by atoms with Gasteiger partial charge in [0.05, 0.1) is 13.3 Å². The number of hydrogen-bond acceptors (Lipinski definition) is 3. The smallest absolute Gasteiger partial charge is 0.0964 e. The van der Waals surface area contributed by atoms with Gasteiger partial charge < -0.3 is 9.47 Å². The average molecular weight is 133 g/mol. The molecule has 0 bridgehead atoms. The van der Waals surface area contributed by atoms with Crippen molar-refractivity contribution in [2.75, 3.05) is 27.6 Å². The summed E-state index contributed by atoms with van der Waals surface area (Å²) in [5.41, 5.74) is 0. The Morgan fingerprint density at radius 1 is 1.33 bits per heavy atom. The Labute approximate surface area is 56.3 Å². The molecule has 0 aromatic carbocycles. The molecule has 0 rings (SSSR count). The van der Waals surface area contributed by atoms with E-state index in [0.29, 0.717) is 12.8 Å². The lowest BCUT2D eigenvalue weighted by atomic mass is 10.4. The molecule has 0 aromatic heterocycles. The van der Waals surface area contributed by atoms with Crippen LogP contribution in [0.3, 0.4) is 0 Å². The summed E-state index contributed by atoms with van der Waals surface area (Å²) in [6.45, 7) is 3.36. The highest BCUT2D eigenvalue weighted by molar-refractivity contribution is 4.53. The van der Waals surface area contributed by atoms with E-state index < -0.39 is 0 Å². The molecule has 0 radical (unpaired) electrons. The number of ether oxygens (including phenoxy) is 2. The quantitative estimate of drug-likeness (QED) is 0.544. The third-order valence-corrected chi connectivity index (χ3v) is 0.993. The molecule has 0 amide bonds. The van der Waals surface area contributed by atoms with Crippen LogP contribution in [0.2, 0.25) is 0 Å². The maximum atomic E-state index is 4.88. The lowest BCUT2D eigenvalue weighted by Gasteiger charge is -2.10. The van der Waals surface area contributed by atoms with Crippen LogP contribution in [0.25, 0.3) is 0 Å². The van der Waals surface area contributed by atoms with Crippen molar-refractivity contribution in [3.8, 4) is 0 Å². The van der Waals surface area contributed by atoms with Crippen molar-refractivity contribution in [3.05, 3.63) is 0 Å². The van der Waals surface area contributed by atoms with Gasteiger partial charge in [0.2, 0.25) is 0 Å². The Balaban J connectivity index is 2.95. The molecule has 0 spiro atoms. The van der Waals surface area contributed by atoms with Crippen LogP contribution in [0, 0.1) is 0 Å². The van der Waals surface area contributed by atoms with Crippen molar-refractivity contribution in [1.29, 1.82) is 0 Å². The standard InChI is InChI=1S/C6H15NO2/c1-6(4-8-2)7-5-9-3/h6-7H,4-5H2,1-3H3. The van der Waals surface area contributed by atoms with Gasteiger partial charge in [-0.1, -0.05) is 0 Å². The van der Waals surface area contributed by atoms with Gasteiger partial charge in [0.15, 0.2) is 0 Å². The molecular formula is C6H15NO2. The summed E-state index contributed by atoms with van der Waals surface area (Å²) < 4.78 is 9.67. The Hall–Kier alpha value is -0.120. The van der Waals surface area contributed by atoms with Gasteiger partial charge in [-0.05, 0) is 6.92 Å². The van der Waals surface area contributed by atoms with Crippen LogP contribution in [0.1, 0.15) is 6.92 Å². The molecule has 1 N–H and O–H groups in total. The zero-order valence-corrected chi connectivity index (χ0v) is 6.31. The van der Waals surface area contributed by atoms with E-state index in [0.717, 1.165) is 6.61 Å². The minimum absolute atomic E-state index is 0.370. The summed E-state index contributed by atoms with van der Waals surface area (Å²) in [5.74, 6) is 0. The van der Waals surface area contributed by atoms with E-state index in [4.69, 9.17) is 9.47 Å². The highest BCUT2D eigenvalue weighted by Gasteiger charge is 1.96. The summed E-state index contributed by atoms with van der Waals surface area (Å²) in [6, 6.07) is 0.370. The van der Waals surface area contributed by atoms with Crippen LogP contribution in [0.5, 0.6) is 0 Å². The lowest BCUT2D eigenvalue weighted by Crippen LogP contribution is -2.31. The monoisotopic (exact) mass is 133 g/mol. The third kappa shape index (κ3) is 5.76. The van der Waals surface area contributed by atoms with Gasteiger partial charge in [-0.2, -0.15) is 0 Å². The molecule has 1 atom stereocenters. The molecule has 0 aliphatic carbocycles. The fraction of sp³-hybridized carbons (Fsp3) is 1.00. The van der Waals surface area contributed by atoms with Crippen LogP contribution in [0.4, 0.5) is 0 Å². The van der Waals surface area contributed by atoms with Crippen molar-refractivity contribution < 1.29 is 9.47 Å². The third-order valence-electron chi connectivity index (χ3n) is 0.993. The summed E-state index contributed by atoms with van der Waals surface area (Å²) in [7, 11) is 3.34. The molecule has 3 heteroatoms. The van der Waals surface area contributed by atoms with E-state index in [1.807, 2.05) is 6.92 Å². The molecule has 0 aliphatic rings. The van der Waals surface area contributed by atoms with Gasteiger partial charge in [0, 0.05) is 20.3 Å². The summed E-state index contributed by atoms with van der Waals surface area (Å²) >= 11 is 0. The topological polar surface area (TPSA) is 30.5 Å². The van der Waals surface area contributed by atoms with Gasteiger partial charge in [-0.25, -0.2) is 0 Å². The summed E-state index contributed by atoms with van der Waals surface area (Å²) in [5, 5.41) is 3.09. The predicted octanol–water partition coefficient (Wildman–Crippen LogP) is 0.215. The van der Waals surface area contributed by atoms with E-state index in [9.17, 15) is 0 Å². The average Bonchev–Trinajstić information content (AvgIpc) is 1.85. The number of hydrogen-bond donors (Lipinski definition) is 1. The normalized spacial score (nSPS) is 13.7. The molecule has 1 unspecified atom stereocenters. The number of rotatable bonds is 5. The van der Waals surface area contributed by atoms with E-state index >= 15 is 0 Å². The van der Waals surface area contributed by atoms with Crippen LogP contribution in [-0.4, -0.2) is 33.6 Å². The molecule has 0 aliphatic heterocycles. The van der Waals surface area contributed by atoms with Crippen molar-refractivity contribution in [2.24, 2.45) is 0 Å². The molecular weight excluding hydrogens is 118 g/mol. The second-order valence-corrected chi connectivity index (χ2v) is 1.99. The fourth-order valence-electron chi connectivity index (χ4n) is 0.535. The van der Waals surface area contributed by atoms with E-state index in [2.05, 4.69) is 5.32 Å². The van der Waals surface area contributed by atoms with Crippen molar-refractivity contribution in [1.82, 2.24) is 5.32 Å². The molecule has 0 saturated heterocycles. The van der Waals surface area contributed by atoms with Crippen LogP contribution in [0.15, 0.2) is 0 Å². The highest BCUT2D eigenvalue weighted by atomic mass is 16.5. The Bertz CT molecular complexity index is 59.0. The van der Waals surface area contributed by atoms with Crippen molar-refractivity contribution in [3.63, 3.8) is 0 Å². The summed E-state index contributed by atoms with van der Waals surface area (Å²) in [6.07, 6.45) is 0. The maximum absolute atomic E-state index is 4.88. The van der Waals surface area contributed by atoms with Gasteiger partial charge in [0.25, 0.3) is 0 Å².